The molecule has 4 rings (SSSR count). The van der Waals surface area contributed by atoms with Crippen molar-refractivity contribution in [2.45, 2.75) is 6.54 Å². The van der Waals surface area contributed by atoms with Crippen LogP contribution in [0.2, 0.25) is 0 Å². The van der Waals surface area contributed by atoms with Gasteiger partial charge in [0.15, 0.2) is 0 Å². The van der Waals surface area contributed by atoms with E-state index in [2.05, 4.69) is 15.1 Å². The minimum absolute atomic E-state index is 0.178. The third-order valence-corrected chi connectivity index (χ3v) is 4.78. The second kappa shape index (κ2) is 7.55. The molecule has 0 N–H and O–H groups in total. The zero-order chi connectivity index (χ0) is 18.6. The third-order valence-electron chi connectivity index (χ3n) is 3.99. The summed E-state index contributed by atoms with van der Waals surface area (Å²) in [7, 11) is 1.62. The molecule has 8 heteroatoms. The Balaban J connectivity index is 1.51. The van der Waals surface area contributed by atoms with Gasteiger partial charge in [0.2, 0.25) is 0 Å². The highest BCUT2D eigenvalue weighted by molar-refractivity contribution is 7.13. The number of benzene rings is 1. The van der Waals surface area contributed by atoms with E-state index in [9.17, 15) is 4.79 Å². The average molecular weight is 380 g/mol. The number of thiazole rings is 1. The minimum atomic E-state index is -0.178. The summed E-state index contributed by atoms with van der Waals surface area (Å²) in [4.78, 5) is 20.6. The number of hydrogen-bond acceptors (Lipinski definition) is 7. The van der Waals surface area contributed by atoms with Crippen LogP contribution in [0.5, 0.6) is 11.5 Å². The lowest BCUT2D eigenvalue weighted by molar-refractivity contribution is 0.291. The summed E-state index contributed by atoms with van der Waals surface area (Å²) < 4.78 is 12.5. The number of fused-ring (bicyclic) bond motifs is 1. The van der Waals surface area contributed by atoms with Crippen molar-refractivity contribution < 1.29 is 9.47 Å². The maximum atomic E-state index is 12.1. The van der Waals surface area contributed by atoms with Crippen molar-refractivity contribution in [1.29, 1.82) is 0 Å². The summed E-state index contributed by atoms with van der Waals surface area (Å²) in [6.45, 7) is 0.636. The molecule has 3 aromatic heterocycles. The van der Waals surface area contributed by atoms with Crippen LogP contribution in [0.25, 0.3) is 21.6 Å². The number of rotatable bonds is 6. The second-order valence-corrected chi connectivity index (χ2v) is 6.55. The third kappa shape index (κ3) is 3.65. The zero-order valence-electron chi connectivity index (χ0n) is 14.5. The van der Waals surface area contributed by atoms with Gasteiger partial charge in [-0.25, -0.2) is 9.67 Å². The van der Waals surface area contributed by atoms with E-state index in [0.717, 1.165) is 21.7 Å². The van der Waals surface area contributed by atoms with Crippen LogP contribution in [0.3, 0.4) is 0 Å². The lowest BCUT2D eigenvalue weighted by Crippen LogP contribution is -2.25. The van der Waals surface area contributed by atoms with Gasteiger partial charge < -0.3 is 9.47 Å². The standard InChI is InChI=1S/C19H16N4O3S/c1-25-13-2-3-14-16(12-13)20-7-6-17(14)26-10-9-23-18(24)5-4-15(22-23)19-21-8-11-27-19/h2-8,11-12H,9-10H2,1H3. The SMILES string of the molecule is COc1ccc2c(OCCn3nc(-c4nccs4)ccc3=O)ccnc2c1. The van der Waals surface area contributed by atoms with Gasteiger partial charge in [0.25, 0.3) is 5.56 Å². The van der Waals surface area contributed by atoms with Gasteiger partial charge in [-0.3, -0.25) is 9.78 Å². The molecule has 27 heavy (non-hydrogen) atoms. The molecule has 7 nitrogen and oxygen atoms in total. The lowest BCUT2D eigenvalue weighted by Gasteiger charge is -2.10. The van der Waals surface area contributed by atoms with Gasteiger partial charge in [-0.15, -0.1) is 11.3 Å². The van der Waals surface area contributed by atoms with Gasteiger partial charge in [0, 0.05) is 35.3 Å². The molecule has 0 atom stereocenters. The first-order valence-electron chi connectivity index (χ1n) is 8.28. The van der Waals surface area contributed by atoms with Crippen LogP contribution < -0.4 is 15.0 Å². The summed E-state index contributed by atoms with van der Waals surface area (Å²) in [6, 6.07) is 10.6. The number of ether oxygens (including phenoxy) is 2. The van der Waals surface area contributed by atoms with Crippen molar-refractivity contribution in [2.24, 2.45) is 0 Å². The Morgan fingerprint density at radius 3 is 2.85 bits per heavy atom. The largest absolute Gasteiger partial charge is 0.497 e. The highest BCUT2D eigenvalue weighted by Crippen LogP contribution is 2.27. The van der Waals surface area contributed by atoms with Gasteiger partial charge in [0.1, 0.15) is 28.8 Å². The minimum Gasteiger partial charge on any atom is -0.497 e. The Labute approximate surface area is 158 Å². The molecule has 0 saturated heterocycles. The second-order valence-electron chi connectivity index (χ2n) is 5.66. The fourth-order valence-corrected chi connectivity index (χ4v) is 3.27. The summed E-state index contributed by atoms with van der Waals surface area (Å²) in [5.74, 6) is 1.44. The summed E-state index contributed by atoms with van der Waals surface area (Å²) in [5, 5.41) is 7.91. The molecule has 3 heterocycles. The zero-order valence-corrected chi connectivity index (χ0v) is 15.3. The van der Waals surface area contributed by atoms with E-state index in [1.807, 2.05) is 23.6 Å². The summed E-state index contributed by atoms with van der Waals surface area (Å²) >= 11 is 1.48. The molecular formula is C19H16N4O3S. The van der Waals surface area contributed by atoms with Crippen molar-refractivity contribution >= 4 is 22.2 Å². The first kappa shape index (κ1) is 17.2. The van der Waals surface area contributed by atoms with Crippen LogP contribution >= 0.6 is 11.3 Å². The van der Waals surface area contributed by atoms with Gasteiger partial charge in [0.05, 0.1) is 19.2 Å². The molecule has 0 aliphatic heterocycles. The van der Waals surface area contributed by atoms with E-state index < -0.39 is 0 Å². The molecule has 136 valence electrons. The summed E-state index contributed by atoms with van der Waals surface area (Å²) in [6.07, 6.45) is 3.40. The molecule has 0 unspecified atom stereocenters. The maximum Gasteiger partial charge on any atom is 0.266 e. The molecule has 0 aliphatic carbocycles. The number of pyridine rings is 1. The Morgan fingerprint density at radius 1 is 1.11 bits per heavy atom. The highest BCUT2D eigenvalue weighted by atomic mass is 32.1. The van der Waals surface area contributed by atoms with Gasteiger partial charge >= 0.3 is 0 Å². The molecule has 0 amide bonds. The van der Waals surface area contributed by atoms with Crippen molar-refractivity contribution in [1.82, 2.24) is 19.7 Å². The fraction of sp³-hybridized carbons (Fsp3) is 0.158. The molecule has 0 bridgehead atoms. The van der Waals surface area contributed by atoms with Gasteiger partial charge in [-0.05, 0) is 24.3 Å². The molecule has 0 radical (unpaired) electrons. The average Bonchev–Trinajstić information content (AvgIpc) is 3.24. The molecule has 0 spiro atoms. The number of nitrogens with zero attached hydrogens (tertiary/aromatic N) is 4. The smallest absolute Gasteiger partial charge is 0.266 e. The predicted molar refractivity (Wildman–Crippen MR) is 103 cm³/mol. The van der Waals surface area contributed by atoms with Crippen molar-refractivity contribution in [3.63, 3.8) is 0 Å². The molecule has 4 aromatic rings. The van der Waals surface area contributed by atoms with E-state index in [1.165, 1.54) is 22.1 Å². The van der Waals surface area contributed by atoms with E-state index in [0.29, 0.717) is 24.6 Å². The quantitative estimate of drug-likeness (QED) is 0.512. The number of aromatic nitrogens is 4. The van der Waals surface area contributed by atoms with Crippen molar-refractivity contribution in [3.8, 4) is 22.2 Å². The van der Waals surface area contributed by atoms with E-state index in [-0.39, 0.29) is 5.56 Å². The molecule has 1 aromatic carbocycles. The van der Waals surface area contributed by atoms with Crippen LogP contribution in [0.1, 0.15) is 0 Å². The van der Waals surface area contributed by atoms with Crippen LogP contribution in [-0.2, 0) is 6.54 Å². The van der Waals surface area contributed by atoms with Crippen LogP contribution in [0.4, 0.5) is 0 Å². The van der Waals surface area contributed by atoms with Gasteiger partial charge in [-0.2, -0.15) is 5.10 Å². The van der Waals surface area contributed by atoms with Crippen molar-refractivity contribution in [2.75, 3.05) is 13.7 Å². The first-order valence-corrected chi connectivity index (χ1v) is 9.16. The Bertz CT molecular complexity index is 1130. The highest BCUT2D eigenvalue weighted by Gasteiger charge is 2.07. The van der Waals surface area contributed by atoms with Crippen LogP contribution in [0, 0.1) is 0 Å². The Kier molecular flexibility index (Phi) is 4.80. The fourth-order valence-electron chi connectivity index (χ4n) is 2.67. The van der Waals surface area contributed by atoms with Crippen molar-refractivity contribution in [3.05, 3.63) is 64.5 Å². The van der Waals surface area contributed by atoms with E-state index in [1.54, 1.807) is 31.6 Å². The Hall–Kier alpha value is -3.26. The molecule has 0 saturated carbocycles. The van der Waals surface area contributed by atoms with E-state index in [4.69, 9.17) is 9.47 Å². The molecule has 0 aliphatic rings. The van der Waals surface area contributed by atoms with Gasteiger partial charge in [-0.1, -0.05) is 0 Å². The molecular weight excluding hydrogens is 364 g/mol. The number of hydrogen-bond donors (Lipinski definition) is 0. The summed E-state index contributed by atoms with van der Waals surface area (Å²) in [5.41, 5.74) is 1.28. The predicted octanol–water partition coefficient (Wildman–Crippen LogP) is 3.00. The maximum absolute atomic E-state index is 12.1. The first-order chi connectivity index (χ1) is 13.2. The molecule has 0 fully saturated rings. The van der Waals surface area contributed by atoms with Crippen LogP contribution in [-0.4, -0.2) is 33.5 Å². The van der Waals surface area contributed by atoms with E-state index >= 15 is 0 Å². The normalized spacial score (nSPS) is 10.9. The topological polar surface area (TPSA) is 79.1 Å². The monoisotopic (exact) mass is 380 g/mol. The number of methoxy groups -OCH3 is 1. The van der Waals surface area contributed by atoms with Crippen LogP contribution in [0.15, 0.2) is 59.0 Å². The Morgan fingerprint density at radius 2 is 2.04 bits per heavy atom. The lowest BCUT2D eigenvalue weighted by atomic mass is 10.2.